The van der Waals surface area contributed by atoms with Crippen molar-refractivity contribution >= 4 is 15.9 Å². The molecule has 0 unspecified atom stereocenters. The van der Waals surface area contributed by atoms with Crippen LogP contribution in [-0.2, 0) is 27.1 Å². The zero-order valence-electron chi connectivity index (χ0n) is 6.24. The number of nitrogens with one attached hydrogen (secondary N) is 1. The van der Waals surface area contributed by atoms with Gasteiger partial charge in [-0.2, -0.15) is 0 Å². The second-order valence-corrected chi connectivity index (χ2v) is 4.08. The molecule has 0 bridgehead atoms. The Morgan fingerprint density at radius 1 is 1.15 bits per heavy atom. The van der Waals surface area contributed by atoms with Gasteiger partial charge in [-0.1, -0.05) is 12.1 Å². The number of hydrogen-bond donors (Lipinski definition) is 1. The van der Waals surface area contributed by atoms with Crippen LogP contribution in [0.15, 0.2) is 29.2 Å². The van der Waals surface area contributed by atoms with E-state index in [0.717, 1.165) is 0 Å². The smallest absolute Gasteiger partial charge is 0.268 e. The third-order valence-electron chi connectivity index (χ3n) is 1.65. The van der Waals surface area contributed by atoms with Gasteiger partial charge in [0.1, 0.15) is 4.90 Å². The molecule has 1 amide bonds. The normalized spacial score (nSPS) is 17.1. The summed E-state index contributed by atoms with van der Waals surface area (Å²) in [6, 6.07) is 6.09. The van der Waals surface area contributed by atoms with E-state index in [1.807, 2.05) is 4.72 Å². The molecule has 1 aliphatic rings. The van der Waals surface area contributed by atoms with Crippen molar-refractivity contribution < 1.29 is 30.3 Å². The molecule has 0 aliphatic carbocycles. The number of amides is 1. The Morgan fingerprint density at radius 2 is 1.77 bits per heavy atom. The first-order chi connectivity index (χ1) is 5.61. The van der Waals surface area contributed by atoms with Crippen LogP contribution < -0.4 is 4.72 Å². The van der Waals surface area contributed by atoms with Crippen molar-refractivity contribution in [3.8, 4) is 0 Å². The number of hydrogen-bond acceptors (Lipinski definition) is 3. The topological polar surface area (TPSA) is 63.2 Å². The Morgan fingerprint density at radius 3 is 2.38 bits per heavy atom. The molecule has 0 saturated heterocycles. The first-order valence-electron chi connectivity index (χ1n) is 3.27. The second kappa shape index (κ2) is 3.14. The number of carbonyl (C=O) groups excluding carboxylic acids is 1. The van der Waals surface area contributed by atoms with Crippen molar-refractivity contribution in [2.75, 3.05) is 0 Å². The molecule has 2 rings (SSSR count). The van der Waals surface area contributed by atoms with Gasteiger partial charge in [-0.25, -0.2) is 13.1 Å². The minimum atomic E-state index is -3.55. The van der Waals surface area contributed by atoms with Crippen molar-refractivity contribution in [1.29, 1.82) is 0 Å². The van der Waals surface area contributed by atoms with E-state index in [1.165, 1.54) is 12.1 Å². The van der Waals surface area contributed by atoms with E-state index in [4.69, 9.17) is 0 Å². The number of carbonyl (C=O) groups is 1. The van der Waals surface area contributed by atoms with Crippen LogP contribution in [0.4, 0.5) is 0 Å². The fourth-order valence-electron chi connectivity index (χ4n) is 1.12. The molecule has 0 atom stereocenters. The van der Waals surface area contributed by atoms with Crippen molar-refractivity contribution in [3.05, 3.63) is 29.8 Å². The van der Waals surface area contributed by atoms with Crippen LogP contribution in [0.25, 0.3) is 0 Å². The van der Waals surface area contributed by atoms with Gasteiger partial charge in [0.15, 0.2) is 0 Å². The molecule has 0 aromatic heterocycles. The molecule has 1 N–H and O–H groups in total. The first kappa shape index (κ1) is 10.2. The Kier molecular flexibility index (Phi) is 2.47. The van der Waals surface area contributed by atoms with E-state index in [-0.39, 0.29) is 27.5 Å². The van der Waals surface area contributed by atoms with E-state index in [1.54, 1.807) is 12.1 Å². The van der Waals surface area contributed by atoms with Gasteiger partial charge >= 0.3 is 17.1 Å². The summed E-state index contributed by atoms with van der Waals surface area (Å²) in [5, 5.41) is 0. The van der Waals surface area contributed by atoms with E-state index < -0.39 is 15.9 Å². The molecule has 13 heavy (non-hydrogen) atoms. The van der Waals surface area contributed by atoms with Crippen molar-refractivity contribution in [2.24, 2.45) is 0 Å². The Balaban J connectivity index is 0.000000845. The molecule has 4 nitrogen and oxygen atoms in total. The van der Waals surface area contributed by atoms with Gasteiger partial charge in [-0.05, 0) is 12.1 Å². The average Bonchev–Trinajstić information content (AvgIpc) is 2.25. The van der Waals surface area contributed by atoms with E-state index >= 15 is 0 Å². The van der Waals surface area contributed by atoms with Crippen molar-refractivity contribution in [1.82, 2.24) is 4.72 Å². The molecule has 6 heteroatoms. The monoisotopic (exact) mass is 246 g/mol. The number of rotatable bonds is 0. The summed E-state index contributed by atoms with van der Waals surface area (Å²) in [5.74, 6) is -0.550. The van der Waals surface area contributed by atoms with Crippen LogP contribution in [0.3, 0.4) is 0 Å². The maximum Gasteiger partial charge on any atom is 2.00 e. The molecule has 1 heterocycles. The summed E-state index contributed by atoms with van der Waals surface area (Å²) >= 11 is 0. The summed E-state index contributed by atoms with van der Waals surface area (Å²) < 4.78 is 24.2. The van der Waals surface area contributed by atoms with Crippen molar-refractivity contribution in [2.45, 2.75) is 4.90 Å². The fraction of sp³-hybridized carbons (Fsp3) is 0. The van der Waals surface area contributed by atoms with Crippen molar-refractivity contribution in [3.63, 3.8) is 0 Å². The standard InChI is InChI=1S/C7H5NO3S.Cu/c9-7-5-3-1-2-4-6(5)12(10,11)8-7;/h1-4H,(H,8,9);/q;+2. The van der Waals surface area contributed by atoms with Gasteiger partial charge in [0, 0.05) is 0 Å². The largest absolute Gasteiger partial charge is 2.00 e. The minimum Gasteiger partial charge on any atom is -0.268 e. The van der Waals surface area contributed by atoms with Crippen LogP contribution >= 0.6 is 0 Å². The van der Waals surface area contributed by atoms with Crippen LogP contribution in [0, 0.1) is 0 Å². The summed E-state index contributed by atoms with van der Waals surface area (Å²) in [6.07, 6.45) is 0. The van der Waals surface area contributed by atoms with E-state index in [9.17, 15) is 13.2 Å². The van der Waals surface area contributed by atoms with E-state index in [0.29, 0.717) is 0 Å². The van der Waals surface area contributed by atoms with Gasteiger partial charge in [0.05, 0.1) is 5.56 Å². The molecule has 1 radical (unpaired) electrons. The Hall–Kier alpha value is -0.841. The SMILES string of the molecule is O=C1NS(=O)(=O)c2ccccc21.[Cu+2]. The summed E-state index contributed by atoms with van der Waals surface area (Å²) in [6.45, 7) is 0. The molecule has 1 aromatic carbocycles. The van der Waals surface area contributed by atoms with Gasteiger partial charge < -0.3 is 0 Å². The maximum atomic E-state index is 11.1. The number of sulfonamides is 1. The Labute approximate surface area is 85.9 Å². The molecule has 1 aromatic rings. The summed E-state index contributed by atoms with van der Waals surface area (Å²) in [5.41, 5.74) is 0.220. The van der Waals surface area contributed by atoms with Gasteiger partial charge in [-0.15, -0.1) is 0 Å². The average molecular weight is 247 g/mol. The van der Waals surface area contributed by atoms with Crippen LogP contribution in [0.1, 0.15) is 10.4 Å². The minimum absolute atomic E-state index is 0. The third kappa shape index (κ3) is 1.48. The molecule has 71 valence electrons. The molecule has 0 saturated carbocycles. The summed E-state index contributed by atoms with van der Waals surface area (Å²) in [7, 11) is -3.55. The Bertz CT molecular complexity index is 455. The molecule has 0 fully saturated rings. The predicted molar refractivity (Wildman–Crippen MR) is 41.1 cm³/mol. The number of fused-ring (bicyclic) bond motifs is 1. The van der Waals surface area contributed by atoms with Crippen LogP contribution in [0.5, 0.6) is 0 Å². The zero-order chi connectivity index (χ0) is 8.77. The summed E-state index contributed by atoms with van der Waals surface area (Å²) in [4.78, 5) is 11.1. The maximum absolute atomic E-state index is 11.1. The molecule has 0 spiro atoms. The second-order valence-electron chi connectivity index (χ2n) is 2.43. The van der Waals surface area contributed by atoms with Crippen LogP contribution in [-0.4, -0.2) is 14.3 Å². The molecule has 1 aliphatic heterocycles. The third-order valence-corrected chi connectivity index (χ3v) is 3.04. The van der Waals surface area contributed by atoms with Gasteiger partial charge in [0.25, 0.3) is 15.9 Å². The zero-order valence-corrected chi connectivity index (χ0v) is 8.00. The fourth-order valence-corrected chi connectivity index (χ4v) is 2.29. The van der Waals surface area contributed by atoms with Gasteiger partial charge in [0.2, 0.25) is 0 Å². The number of benzene rings is 1. The quantitative estimate of drug-likeness (QED) is 0.662. The molecular weight excluding hydrogens is 242 g/mol. The van der Waals surface area contributed by atoms with E-state index in [2.05, 4.69) is 0 Å². The van der Waals surface area contributed by atoms with Crippen LogP contribution in [0.2, 0.25) is 0 Å². The first-order valence-corrected chi connectivity index (χ1v) is 4.76. The molecular formula is C7H5CuNO3S+2. The van der Waals surface area contributed by atoms with Gasteiger partial charge in [-0.3, -0.25) is 4.79 Å². The predicted octanol–water partition coefficient (Wildman–Crippen LogP) is 0.116.